The van der Waals surface area contributed by atoms with Crippen LogP contribution in [0.15, 0.2) is 30.3 Å². The Morgan fingerprint density at radius 2 is 1.31 bits per heavy atom. The van der Waals surface area contributed by atoms with E-state index >= 15 is 0 Å². The van der Waals surface area contributed by atoms with Gasteiger partial charge in [-0.2, -0.15) is 0 Å². The minimum absolute atomic E-state index is 0.159. The molecule has 13 nitrogen and oxygen atoms in total. The van der Waals surface area contributed by atoms with Crippen LogP contribution in [0.5, 0.6) is 0 Å². The number of carbonyl (C=O) groups is 5. The Balaban J connectivity index is 2.87. The molecule has 0 radical (unpaired) electrons. The lowest BCUT2D eigenvalue weighted by Gasteiger charge is -2.27. The highest BCUT2D eigenvalue weighted by Crippen LogP contribution is 2.05. The van der Waals surface area contributed by atoms with E-state index in [-0.39, 0.29) is 6.42 Å². The van der Waals surface area contributed by atoms with Crippen LogP contribution in [0, 0.1) is 0 Å². The van der Waals surface area contributed by atoms with Crippen molar-refractivity contribution in [3.8, 4) is 0 Å². The van der Waals surface area contributed by atoms with Crippen LogP contribution in [-0.2, 0) is 30.4 Å². The fraction of sp³-hybridized carbons (Fsp3) is 0.500. The summed E-state index contributed by atoms with van der Waals surface area (Å²) in [7, 11) is 0. The number of hydrogen-bond acceptors (Lipinski definition) is 8. The van der Waals surface area contributed by atoms with E-state index in [0.29, 0.717) is 0 Å². The molecule has 0 saturated heterocycles. The number of nitrogens with one attached hydrogen (secondary N) is 3. The monoisotopic (exact) mass is 496 g/mol. The molecule has 194 valence electrons. The minimum atomic E-state index is -1.66. The number of carboxylic acids is 2. The van der Waals surface area contributed by atoms with Gasteiger partial charge >= 0.3 is 11.9 Å². The number of benzene rings is 1. The first kappa shape index (κ1) is 29.5. The van der Waals surface area contributed by atoms with Gasteiger partial charge in [-0.05, 0) is 32.3 Å². The molecule has 3 amide bonds. The molecule has 0 aliphatic rings. The molecule has 0 heterocycles. The summed E-state index contributed by atoms with van der Waals surface area (Å²) < 4.78 is 0. The van der Waals surface area contributed by atoms with Crippen LogP contribution in [0.2, 0.25) is 0 Å². The van der Waals surface area contributed by atoms with Gasteiger partial charge in [-0.25, -0.2) is 4.79 Å². The Morgan fingerprint density at radius 1 is 0.829 bits per heavy atom. The average molecular weight is 497 g/mol. The van der Waals surface area contributed by atoms with Gasteiger partial charge in [-0.1, -0.05) is 30.3 Å². The first-order chi connectivity index (χ1) is 16.3. The molecular formula is C22H32N4O9. The van der Waals surface area contributed by atoms with E-state index in [1.54, 1.807) is 30.3 Å². The third-order valence-electron chi connectivity index (χ3n) is 5.02. The smallest absolute Gasteiger partial charge is 0.326 e. The van der Waals surface area contributed by atoms with Gasteiger partial charge in [0.05, 0.1) is 18.2 Å². The van der Waals surface area contributed by atoms with Crippen molar-refractivity contribution in [1.82, 2.24) is 16.0 Å². The van der Waals surface area contributed by atoms with Crippen molar-refractivity contribution in [2.45, 2.75) is 69.5 Å². The summed E-state index contributed by atoms with van der Waals surface area (Å²) >= 11 is 0. The highest BCUT2D eigenvalue weighted by Gasteiger charge is 2.34. The van der Waals surface area contributed by atoms with Gasteiger partial charge in [0.2, 0.25) is 17.7 Å². The number of carbonyl (C=O) groups excluding carboxylic acids is 3. The molecule has 1 aromatic carbocycles. The molecule has 0 aliphatic carbocycles. The van der Waals surface area contributed by atoms with E-state index in [1.165, 1.54) is 6.92 Å². The lowest BCUT2D eigenvalue weighted by Crippen LogP contribution is -2.62. The summed E-state index contributed by atoms with van der Waals surface area (Å²) in [6.45, 7) is 2.38. The highest BCUT2D eigenvalue weighted by molar-refractivity contribution is 5.94. The average Bonchev–Trinajstić information content (AvgIpc) is 2.77. The van der Waals surface area contributed by atoms with Gasteiger partial charge in [-0.3, -0.25) is 19.2 Å². The molecule has 0 aromatic heterocycles. The maximum atomic E-state index is 12.7. The van der Waals surface area contributed by atoms with Crippen LogP contribution < -0.4 is 21.7 Å². The number of aliphatic carboxylic acids is 2. The van der Waals surface area contributed by atoms with Crippen molar-refractivity contribution in [2.24, 2.45) is 5.73 Å². The number of hydrogen-bond donors (Lipinski definition) is 8. The largest absolute Gasteiger partial charge is 0.481 e. The second kappa shape index (κ2) is 14.0. The van der Waals surface area contributed by atoms with Gasteiger partial charge in [0.15, 0.2) is 0 Å². The molecule has 6 unspecified atom stereocenters. The Hall–Kier alpha value is -3.55. The molecule has 35 heavy (non-hydrogen) atoms. The predicted molar refractivity (Wildman–Crippen MR) is 122 cm³/mol. The van der Waals surface area contributed by atoms with Gasteiger partial charge in [0, 0.05) is 6.42 Å². The van der Waals surface area contributed by atoms with Crippen molar-refractivity contribution < 1.29 is 44.4 Å². The molecule has 0 aliphatic heterocycles. The predicted octanol–water partition coefficient (Wildman–Crippen LogP) is -2.28. The summed E-state index contributed by atoms with van der Waals surface area (Å²) in [5.74, 6) is -5.64. The van der Waals surface area contributed by atoms with Crippen LogP contribution in [-0.4, -0.2) is 86.5 Å². The number of aliphatic hydroxyl groups is 2. The van der Waals surface area contributed by atoms with Crippen molar-refractivity contribution in [2.75, 3.05) is 0 Å². The van der Waals surface area contributed by atoms with Crippen molar-refractivity contribution >= 4 is 29.7 Å². The number of nitrogens with two attached hydrogens (primary N) is 1. The first-order valence-corrected chi connectivity index (χ1v) is 10.8. The maximum Gasteiger partial charge on any atom is 0.326 e. The topological polar surface area (TPSA) is 228 Å². The third-order valence-corrected chi connectivity index (χ3v) is 5.02. The Labute approximate surface area is 201 Å². The van der Waals surface area contributed by atoms with Crippen molar-refractivity contribution in [3.05, 3.63) is 35.9 Å². The van der Waals surface area contributed by atoms with E-state index in [1.807, 2.05) is 0 Å². The molecule has 9 N–H and O–H groups in total. The number of amides is 3. The van der Waals surface area contributed by atoms with Crippen LogP contribution >= 0.6 is 0 Å². The second-order valence-electron chi connectivity index (χ2n) is 8.08. The third kappa shape index (κ3) is 10.1. The summed E-state index contributed by atoms with van der Waals surface area (Å²) in [6, 6.07) is 3.02. The molecular weight excluding hydrogens is 464 g/mol. The van der Waals surface area contributed by atoms with Crippen molar-refractivity contribution in [3.63, 3.8) is 0 Å². The lowest BCUT2D eigenvalue weighted by molar-refractivity contribution is -0.144. The van der Waals surface area contributed by atoms with Crippen LogP contribution in [0.25, 0.3) is 0 Å². The molecule has 1 aromatic rings. The normalized spacial score (nSPS) is 16.0. The fourth-order valence-electron chi connectivity index (χ4n) is 3.06. The number of aliphatic hydroxyl groups excluding tert-OH is 2. The molecule has 0 spiro atoms. The molecule has 0 bridgehead atoms. The van der Waals surface area contributed by atoms with E-state index < -0.39 is 78.9 Å². The molecule has 0 fully saturated rings. The fourth-order valence-corrected chi connectivity index (χ4v) is 3.06. The molecule has 0 saturated carbocycles. The molecule has 13 heteroatoms. The highest BCUT2D eigenvalue weighted by atomic mass is 16.4. The Bertz CT molecular complexity index is 892. The van der Waals surface area contributed by atoms with Gasteiger partial charge in [0.25, 0.3) is 0 Å². The van der Waals surface area contributed by atoms with Crippen LogP contribution in [0.3, 0.4) is 0 Å². The summed E-state index contributed by atoms with van der Waals surface area (Å²) in [5, 5.41) is 44.5. The van der Waals surface area contributed by atoms with E-state index in [4.69, 9.17) is 10.8 Å². The second-order valence-corrected chi connectivity index (χ2v) is 8.08. The zero-order chi connectivity index (χ0) is 26.7. The van der Waals surface area contributed by atoms with Crippen molar-refractivity contribution in [1.29, 1.82) is 0 Å². The van der Waals surface area contributed by atoms with Gasteiger partial charge in [0.1, 0.15) is 18.1 Å². The SMILES string of the molecule is CC(O)C(NC(=O)C(N)Cc1ccccc1)C(=O)NC(C(=O)NC(CCC(=O)O)C(=O)O)C(C)O. The molecule has 6 atom stereocenters. The van der Waals surface area contributed by atoms with Crippen LogP contribution in [0.1, 0.15) is 32.3 Å². The maximum absolute atomic E-state index is 12.7. The van der Waals surface area contributed by atoms with Crippen LogP contribution in [0.4, 0.5) is 0 Å². The molecule has 1 rings (SSSR count). The Kier molecular flexibility index (Phi) is 11.8. The van der Waals surface area contributed by atoms with E-state index in [2.05, 4.69) is 16.0 Å². The zero-order valence-corrected chi connectivity index (χ0v) is 19.4. The Morgan fingerprint density at radius 3 is 1.77 bits per heavy atom. The summed E-state index contributed by atoms with van der Waals surface area (Å²) in [4.78, 5) is 59.8. The van der Waals surface area contributed by atoms with E-state index in [9.17, 15) is 39.3 Å². The zero-order valence-electron chi connectivity index (χ0n) is 19.4. The summed E-state index contributed by atoms with van der Waals surface area (Å²) in [6.07, 6.45) is -3.72. The summed E-state index contributed by atoms with van der Waals surface area (Å²) in [5.41, 5.74) is 6.67. The van der Waals surface area contributed by atoms with Gasteiger partial charge in [-0.15, -0.1) is 0 Å². The standard InChI is InChI=1S/C22H32N4O9/c1-11(27)17(20(32)24-15(22(34)35)8-9-16(29)30)26-21(33)18(12(2)28)25-19(31)14(23)10-13-6-4-3-5-7-13/h3-7,11-12,14-15,17-18,27-28H,8-10,23H2,1-2H3,(H,24,32)(H,25,31)(H,26,33)(H,29,30)(H,34,35). The lowest BCUT2D eigenvalue weighted by atomic mass is 10.0. The van der Waals surface area contributed by atoms with E-state index in [0.717, 1.165) is 12.5 Å². The van der Waals surface area contributed by atoms with Gasteiger partial charge < -0.3 is 42.1 Å². The first-order valence-electron chi connectivity index (χ1n) is 10.8. The number of carboxylic acid groups (broad SMARTS) is 2. The minimum Gasteiger partial charge on any atom is -0.481 e. The quantitative estimate of drug-likeness (QED) is 0.138. The number of rotatable bonds is 14.